The van der Waals surface area contributed by atoms with Gasteiger partial charge in [-0.2, -0.15) is 0 Å². The van der Waals surface area contributed by atoms with E-state index in [-0.39, 0.29) is 0 Å². The van der Waals surface area contributed by atoms with Crippen LogP contribution < -0.4 is 5.32 Å². The van der Waals surface area contributed by atoms with Crippen molar-refractivity contribution in [3.63, 3.8) is 0 Å². The molecule has 0 radical (unpaired) electrons. The van der Waals surface area contributed by atoms with E-state index in [0.717, 1.165) is 5.54 Å². The molecule has 1 N–H and O–H groups in total. The van der Waals surface area contributed by atoms with Gasteiger partial charge in [-0.25, -0.2) is 0 Å². The van der Waals surface area contributed by atoms with Gasteiger partial charge < -0.3 is 5.32 Å². The van der Waals surface area contributed by atoms with Gasteiger partial charge in [0, 0.05) is 25.5 Å². The molecule has 0 aromatic heterocycles. The fourth-order valence-electron chi connectivity index (χ4n) is 2.79. The molecule has 1 heterocycles. The number of hydrogen-bond acceptors (Lipinski definition) is 1. The second kappa shape index (κ2) is 5.37. The van der Waals surface area contributed by atoms with Gasteiger partial charge in [-0.1, -0.05) is 41.9 Å². The van der Waals surface area contributed by atoms with Gasteiger partial charge in [0.2, 0.25) is 0 Å². The lowest BCUT2D eigenvalue weighted by molar-refractivity contribution is 0.795. The molecule has 2 rings (SSSR count). The lowest BCUT2D eigenvalue weighted by Gasteiger charge is -2.30. The Morgan fingerprint density at radius 3 is 2.81 bits per heavy atom. The molecule has 1 unspecified atom stereocenters. The number of fused-ring (bicyclic) bond motifs is 1. The van der Waals surface area contributed by atoms with Crippen molar-refractivity contribution in [1.82, 2.24) is 0 Å². The summed E-state index contributed by atoms with van der Waals surface area (Å²) in [6.45, 7) is 5.95. The van der Waals surface area contributed by atoms with E-state index in [9.17, 15) is 0 Å². The maximum absolute atomic E-state index is 3.60. The van der Waals surface area contributed by atoms with E-state index in [0.29, 0.717) is 0 Å². The van der Waals surface area contributed by atoms with Crippen LogP contribution in [0, 0.1) is 0 Å². The summed E-state index contributed by atoms with van der Waals surface area (Å²) >= 11 is 3.57. The zero-order valence-corrected chi connectivity index (χ0v) is 12.8. The third-order valence-electron chi connectivity index (χ3n) is 3.82. The zero-order valence-electron chi connectivity index (χ0n) is 10.1. The molecule has 1 nitrogen and oxygen atoms in total. The number of benzene rings is 1. The van der Waals surface area contributed by atoms with Crippen LogP contribution in [-0.2, 0) is 6.42 Å². The van der Waals surface area contributed by atoms with Crippen LogP contribution in [0.25, 0.3) is 0 Å². The largest absolute Gasteiger partial charge is 0.385 e. The van der Waals surface area contributed by atoms with E-state index in [1.165, 1.54) is 40.8 Å². The molecule has 0 fully saturated rings. The number of halogens is 1. The number of hydrogen-bond donors (Lipinski definition) is 1. The van der Waals surface area contributed by atoms with Crippen LogP contribution in [0.2, 0.25) is 17.6 Å². The first kappa shape index (κ1) is 12.2. The predicted octanol–water partition coefficient (Wildman–Crippen LogP) is 4.05. The van der Waals surface area contributed by atoms with Crippen LogP contribution in [0.5, 0.6) is 0 Å². The highest BCUT2D eigenvalue weighted by molar-refractivity contribution is 9.10. The molecule has 88 valence electrons. The maximum Gasteiger partial charge on any atom is 0.0419 e. The summed E-state index contributed by atoms with van der Waals surface area (Å²) in [6.07, 6.45) is 1.29. The summed E-state index contributed by atoms with van der Waals surface area (Å²) in [5.41, 5.74) is 3.79. The molecule has 0 amide bonds. The predicted molar refractivity (Wildman–Crippen MR) is 78.2 cm³/mol. The van der Waals surface area contributed by atoms with E-state index >= 15 is 0 Å². The van der Waals surface area contributed by atoms with Gasteiger partial charge in [0.15, 0.2) is 0 Å². The SMILES string of the molecule is CC[SiH](CC)C1CNc2ccc(Br)cc2C1. The van der Waals surface area contributed by atoms with Crippen molar-refractivity contribution >= 4 is 30.4 Å². The minimum Gasteiger partial charge on any atom is -0.385 e. The number of anilines is 1. The molecular formula is C13H20BrNSi. The van der Waals surface area contributed by atoms with Gasteiger partial charge in [-0.05, 0) is 35.7 Å². The minimum atomic E-state index is -0.526. The lowest BCUT2D eigenvalue weighted by Crippen LogP contribution is -2.30. The van der Waals surface area contributed by atoms with Gasteiger partial charge in [0.25, 0.3) is 0 Å². The average Bonchev–Trinajstić information content (AvgIpc) is 2.30. The molecule has 16 heavy (non-hydrogen) atoms. The highest BCUT2D eigenvalue weighted by Crippen LogP contribution is 2.33. The van der Waals surface area contributed by atoms with Crippen molar-refractivity contribution < 1.29 is 0 Å². The van der Waals surface area contributed by atoms with Crippen molar-refractivity contribution in [3.8, 4) is 0 Å². The van der Waals surface area contributed by atoms with E-state index in [2.05, 4.69) is 53.3 Å². The summed E-state index contributed by atoms with van der Waals surface area (Å²) < 4.78 is 1.21. The van der Waals surface area contributed by atoms with Crippen molar-refractivity contribution in [2.75, 3.05) is 11.9 Å². The van der Waals surface area contributed by atoms with Crippen molar-refractivity contribution in [2.45, 2.75) is 37.9 Å². The molecule has 1 atom stereocenters. The zero-order chi connectivity index (χ0) is 11.5. The Bertz CT molecular complexity index is 363. The van der Waals surface area contributed by atoms with Gasteiger partial charge >= 0.3 is 0 Å². The van der Waals surface area contributed by atoms with Crippen molar-refractivity contribution in [3.05, 3.63) is 28.2 Å². The monoisotopic (exact) mass is 297 g/mol. The van der Waals surface area contributed by atoms with Gasteiger partial charge in [-0.15, -0.1) is 0 Å². The molecule has 1 aromatic rings. The van der Waals surface area contributed by atoms with Crippen LogP contribution in [0.4, 0.5) is 5.69 Å². The van der Waals surface area contributed by atoms with E-state index in [4.69, 9.17) is 0 Å². The smallest absolute Gasteiger partial charge is 0.0419 e. The Hall–Kier alpha value is -0.283. The van der Waals surface area contributed by atoms with Gasteiger partial charge in [-0.3, -0.25) is 0 Å². The second-order valence-electron chi connectivity index (χ2n) is 4.72. The van der Waals surface area contributed by atoms with Gasteiger partial charge in [0.1, 0.15) is 0 Å². The topological polar surface area (TPSA) is 12.0 Å². The standard InChI is InChI=1S/C13H20BrNSi/c1-3-16(4-2)12-8-10-7-11(14)5-6-13(10)15-9-12/h5-7,12,15-16H,3-4,8-9H2,1-2H3. The Balaban J connectivity index is 2.16. The normalized spacial score (nSPS) is 19.4. The molecule has 3 heteroatoms. The van der Waals surface area contributed by atoms with E-state index in [1.54, 1.807) is 0 Å². The van der Waals surface area contributed by atoms with Crippen LogP contribution in [-0.4, -0.2) is 15.3 Å². The second-order valence-corrected chi connectivity index (χ2v) is 9.73. The molecule has 0 spiro atoms. The molecule has 0 saturated carbocycles. The van der Waals surface area contributed by atoms with E-state index < -0.39 is 8.80 Å². The Labute approximate surface area is 108 Å². The van der Waals surface area contributed by atoms with Crippen molar-refractivity contribution in [1.29, 1.82) is 0 Å². The molecule has 0 aliphatic carbocycles. The van der Waals surface area contributed by atoms with E-state index in [1.807, 2.05) is 0 Å². The Kier molecular flexibility index (Phi) is 4.09. The first-order valence-corrected chi connectivity index (χ1v) is 9.36. The average molecular weight is 298 g/mol. The highest BCUT2D eigenvalue weighted by atomic mass is 79.9. The van der Waals surface area contributed by atoms with Crippen LogP contribution in [0.3, 0.4) is 0 Å². The summed E-state index contributed by atoms with van der Waals surface area (Å²) in [5, 5.41) is 3.60. The number of rotatable bonds is 3. The summed E-state index contributed by atoms with van der Waals surface area (Å²) in [4.78, 5) is 0. The molecular weight excluding hydrogens is 278 g/mol. The fourth-order valence-corrected chi connectivity index (χ4v) is 6.15. The van der Waals surface area contributed by atoms with Crippen molar-refractivity contribution in [2.24, 2.45) is 0 Å². The lowest BCUT2D eigenvalue weighted by atomic mass is 10.0. The number of nitrogens with one attached hydrogen (secondary N) is 1. The Morgan fingerprint density at radius 1 is 1.38 bits per heavy atom. The first-order chi connectivity index (χ1) is 7.74. The molecule has 1 aromatic carbocycles. The summed E-state index contributed by atoms with van der Waals surface area (Å²) in [7, 11) is -0.526. The summed E-state index contributed by atoms with van der Waals surface area (Å²) in [5.74, 6) is 0. The minimum absolute atomic E-state index is 0.526. The first-order valence-electron chi connectivity index (χ1n) is 6.26. The quantitative estimate of drug-likeness (QED) is 0.830. The fraction of sp³-hybridized carbons (Fsp3) is 0.538. The molecule has 1 aliphatic heterocycles. The Morgan fingerprint density at radius 2 is 2.12 bits per heavy atom. The summed E-state index contributed by atoms with van der Waals surface area (Å²) in [6, 6.07) is 9.48. The molecule has 0 saturated heterocycles. The highest BCUT2D eigenvalue weighted by Gasteiger charge is 2.24. The van der Waals surface area contributed by atoms with Crippen LogP contribution in [0.15, 0.2) is 22.7 Å². The molecule has 0 bridgehead atoms. The van der Waals surface area contributed by atoms with Crippen LogP contribution >= 0.6 is 15.9 Å². The maximum atomic E-state index is 3.60. The third kappa shape index (κ3) is 2.51. The third-order valence-corrected chi connectivity index (χ3v) is 8.22. The van der Waals surface area contributed by atoms with Crippen LogP contribution in [0.1, 0.15) is 19.4 Å². The van der Waals surface area contributed by atoms with Gasteiger partial charge in [0.05, 0.1) is 0 Å². The molecule has 1 aliphatic rings.